The van der Waals surface area contributed by atoms with E-state index in [-0.39, 0.29) is 6.10 Å². The van der Waals surface area contributed by atoms with Crippen LogP contribution in [0.1, 0.15) is 31.6 Å². The second-order valence-corrected chi connectivity index (χ2v) is 4.41. The Morgan fingerprint density at radius 3 is 2.68 bits per heavy atom. The summed E-state index contributed by atoms with van der Waals surface area (Å²) in [5.41, 5.74) is 1.52. The highest BCUT2D eigenvalue weighted by Gasteiger charge is 2.24. The van der Waals surface area contributed by atoms with Crippen LogP contribution in [0.15, 0.2) is 36.5 Å². The van der Waals surface area contributed by atoms with Gasteiger partial charge in [0.1, 0.15) is 6.10 Å². The van der Waals surface area contributed by atoms with Crippen molar-refractivity contribution in [3.8, 4) is 5.69 Å². The molecular weight excluding hydrogens is 242 g/mol. The predicted octanol–water partition coefficient (Wildman–Crippen LogP) is 2.12. The van der Waals surface area contributed by atoms with Gasteiger partial charge >= 0.3 is 0 Å². The van der Waals surface area contributed by atoms with E-state index >= 15 is 0 Å². The Hall–Kier alpha value is -1.72. The molecule has 0 fully saturated rings. The molecule has 19 heavy (non-hydrogen) atoms. The molecule has 2 atom stereocenters. The molecule has 0 aliphatic heterocycles. The van der Waals surface area contributed by atoms with Crippen molar-refractivity contribution in [1.29, 1.82) is 0 Å². The first-order valence-corrected chi connectivity index (χ1v) is 6.44. The number of aliphatic hydroxyl groups excluding tert-OH is 1. The molecule has 1 aromatic carbocycles. The molecule has 2 rings (SSSR count). The lowest BCUT2D eigenvalue weighted by Crippen LogP contribution is -2.23. The smallest absolute Gasteiger partial charge is 0.124 e. The highest BCUT2D eigenvalue weighted by Crippen LogP contribution is 2.23. The van der Waals surface area contributed by atoms with Gasteiger partial charge in [-0.2, -0.15) is 0 Å². The van der Waals surface area contributed by atoms with E-state index in [1.807, 2.05) is 30.3 Å². The fourth-order valence-corrected chi connectivity index (χ4v) is 2.09. The standard InChI is InChI=1S/C14H19N3O2/c1-3-7-13(19-2)14(18)12-10-15-16-17(12)11-8-5-4-6-9-11/h4-6,8-10,13-14,18H,3,7H2,1-2H3. The number of nitrogens with zero attached hydrogens (tertiary/aromatic N) is 3. The number of hydrogen-bond acceptors (Lipinski definition) is 4. The highest BCUT2D eigenvalue weighted by molar-refractivity contribution is 5.32. The van der Waals surface area contributed by atoms with Crippen LogP contribution in [-0.4, -0.2) is 33.3 Å². The van der Waals surface area contributed by atoms with Gasteiger partial charge in [-0.25, -0.2) is 4.68 Å². The third-order valence-electron chi connectivity index (χ3n) is 3.11. The number of ether oxygens (including phenoxy) is 1. The maximum atomic E-state index is 10.4. The van der Waals surface area contributed by atoms with Crippen LogP contribution in [0.5, 0.6) is 0 Å². The van der Waals surface area contributed by atoms with Crippen molar-refractivity contribution < 1.29 is 9.84 Å². The van der Waals surface area contributed by atoms with Gasteiger partial charge in [-0.3, -0.25) is 0 Å². The van der Waals surface area contributed by atoms with Gasteiger partial charge in [0, 0.05) is 7.11 Å². The number of rotatable bonds is 6. The van der Waals surface area contributed by atoms with Gasteiger partial charge in [0.15, 0.2) is 0 Å². The van der Waals surface area contributed by atoms with Crippen LogP contribution in [0, 0.1) is 0 Å². The topological polar surface area (TPSA) is 60.2 Å². The van der Waals surface area contributed by atoms with Gasteiger partial charge < -0.3 is 9.84 Å². The molecule has 2 unspecified atom stereocenters. The third kappa shape index (κ3) is 3.00. The molecular formula is C14H19N3O2. The first kappa shape index (κ1) is 13.7. The zero-order chi connectivity index (χ0) is 13.7. The maximum Gasteiger partial charge on any atom is 0.124 e. The zero-order valence-corrected chi connectivity index (χ0v) is 11.2. The van der Waals surface area contributed by atoms with E-state index in [9.17, 15) is 5.11 Å². The van der Waals surface area contributed by atoms with Crippen LogP contribution in [-0.2, 0) is 4.74 Å². The number of para-hydroxylation sites is 1. The van der Waals surface area contributed by atoms with E-state index in [1.165, 1.54) is 0 Å². The Kier molecular flexibility index (Phi) is 4.65. The van der Waals surface area contributed by atoms with Crippen molar-refractivity contribution in [1.82, 2.24) is 15.0 Å². The second kappa shape index (κ2) is 6.45. The Morgan fingerprint density at radius 1 is 1.32 bits per heavy atom. The zero-order valence-electron chi connectivity index (χ0n) is 11.2. The molecule has 0 aliphatic carbocycles. The molecule has 102 valence electrons. The van der Waals surface area contributed by atoms with Crippen LogP contribution in [0.4, 0.5) is 0 Å². The second-order valence-electron chi connectivity index (χ2n) is 4.41. The molecule has 0 saturated heterocycles. The van der Waals surface area contributed by atoms with Gasteiger partial charge in [0.05, 0.1) is 23.7 Å². The van der Waals surface area contributed by atoms with Crippen LogP contribution < -0.4 is 0 Å². The summed E-state index contributed by atoms with van der Waals surface area (Å²) in [4.78, 5) is 0. The largest absolute Gasteiger partial charge is 0.384 e. The SMILES string of the molecule is CCCC(OC)C(O)c1cnnn1-c1ccccc1. The van der Waals surface area contributed by atoms with Crippen molar-refractivity contribution in [3.05, 3.63) is 42.2 Å². The minimum absolute atomic E-state index is 0.244. The number of methoxy groups -OCH3 is 1. The van der Waals surface area contributed by atoms with E-state index in [2.05, 4.69) is 17.2 Å². The van der Waals surface area contributed by atoms with Gasteiger partial charge in [-0.15, -0.1) is 5.10 Å². The van der Waals surface area contributed by atoms with Crippen molar-refractivity contribution >= 4 is 0 Å². The van der Waals surface area contributed by atoms with E-state index in [0.29, 0.717) is 5.69 Å². The molecule has 0 aliphatic rings. The Morgan fingerprint density at radius 2 is 2.05 bits per heavy atom. The van der Waals surface area contributed by atoms with Gasteiger partial charge in [0.2, 0.25) is 0 Å². The minimum Gasteiger partial charge on any atom is -0.384 e. The molecule has 2 aromatic rings. The molecule has 0 spiro atoms. The molecule has 5 heteroatoms. The summed E-state index contributed by atoms with van der Waals surface area (Å²) in [7, 11) is 1.61. The molecule has 0 radical (unpaired) electrons. The molecule has 1 N–H and O–H groups in total. The molecule has 1 aromatic heterocycles. The van der Waals surface area contributed by atoms with E-state index < -0.39 is 6.10 Å². The van der Waals surface area contributed by atoms with E-state index in [0.717, 1.165) is 18.5 Å². The summed E-state index contributed by atoms with van der Waals surface area (Å²) in [5, 5.41) is 18.3. The fraction of sp³-hybridized carbons (Fsp3) is 0.429. The third-order valence-corrected chi connectivity index (χ3v) is 3.11. The average molecular weight is 261 g/mol. The molecule has 5 nitrogen and oxygen atoms in total. The first-order chi connectivity index (χ1) is 9.27. The van der Waals surface area contributed by atoms with Gasteiger partial charge in [-0.1, -0.05) is 36.8 Å². The first-order valence-electron chi connectivity index (χ1n) is 6.44. The summed E-state index contributed by atoms with van der Waals surface area (Å²) in [6, 6.07) is 9.63. The van der Waals surface area contributed by atoms with Crippen LogP contribution >= 0.6 is 0 Å². The lowest BCUT2D eigenvalue weighted by Gasteiger charge is -2.21. The molecule has 0 amide bonds. The number of aliphatic hydroxyl groups is 1. The van der Waals surface area contributed by atoms with Crippen molar-refractivity contribution in [2.24, 2.45) is 0 Å². The predicted molar refractivity (Wildman–Crippen MR) is 72.0 cm³/mol. The Labute approximate surface area is 112 Å². The van der Waals surface area contributed by atoms with E-state index in [4.69, 9.17) is 4.74 Å². The van der Waals surface area contributed by atoms with Crippen molar-refractivity contribution in [2.75, 3.05) is 7.11 Å². The maximum absolute atomic E-state index is 10.4. The molecule has 1 heterocycles. The lowest BCUT2D eigenvalue weighted by atomic mass is 10.1. The van der Waals surface area contributed by atoms with Crippen molar-refractivity contribution in [3.63, 3.8) is 0 Å². The quantitative estimate of drug-likeness (QED) is 0.865. The number of aromatic nitrogens is 3. The van der Waals surface area contributed by atoms with Crippen LogP contribution in [0.2, 0.25) is 0 Å². The van der Waals surface area contributed by atoms with E-state index in [1.54, 1.807) is 18.0 Å². The fourth-order valence-electron chi connectivity index (χ4n) is 2.09. The van der Waals surface area contributed by atoms with Crippen LogP contribution in [0.3, 0.4) is 0 Å². The molecule has 0 saturated carbocycles. The highest BCUT2D eigenvalue weighted by atomic mass is 16.5. The normalized spacial score (nSPS) is 14.3. The van der Waals surface area contributed by atoms with Gasteiger partial charge in [-0.05, 0) is 18.6 Å². The van der Waals surface area contributed by atoms with Crippen LogP contribution in [0.25, 0.3) is 5.69 Å². The number of hydrogen-bond donors (Lipinski definition) is 1. The summed E-state index contributed by atoms with van der Waals surface area (Å²) < 4.78 is 6.99. The summed E-state index contributed by atoms with van der Waals surface area (Å²) in [5.74, 6) is 0. The molecule has 0 bridgehead atoms. The van der Waals surface area contributed by atoms with Gasteiger partial charge in [0.25, 0.3) is 0 Å². The number of benzene rings is 1. The minimum atomic E-state index is -0.736. The summed E-state index contributed by atoms with van der Waals surface area (Å²) >= 11 is 0. The average Bonchev–Trinajstić information content (AvgIpc) is 2.94. The Balaban J connectivity index is 2.29. The summed E-state index contributed by atoms with van der Waals surface area (Å²) in [6.45, 7) is 2.06. The summed E-state index contributed by atoms with van der Waals surface area (Å²) in [6.07, 6.45) is 2.34. The Bertz CT molecular complexity index is 498. The monoisotopic (exact) mass is 261 g/mol. The van der Waals surface area contributed by atoms with Crippen molar-refractivity contribution in [2.45, 2.75) is 32.0 Å². The lowest BCUT2D eigenvalue weighted by molar-refractivity contribution is -0.0210.